The number of rotatable bonds is 4. The maximum Gasteiger partial charge on any atom is 0.270 e. The van der Waals surface area contributed by atoms with Crippen LogP contribution in [0.25, 0.3) is 0 Å². The number of nitrogens with two attached hydrogens (primary N) is 1. The minimum Gasteiger partial charge on any atom is -0.368 e. The number of nitrogens with one attached hydrogen (secondary N) is 1. The fraction of sp³-hybridized carbons (Fsp3) is 0.200. The molecular weight excluding hydrogens is 353 g/mol. The molecule has 0 spiro atoms. The Hall–Kier alpha value is -1.71. The van der Waals surface area contributed by atoms with Gasteiger partial charge in [-0.2, -0.15) is 0 Å². The highest BCUT2D eigenvalue weighted by molar-refractivity contribution is 14.1. The lowest BCUT2D eigenvalue weighted by Crippen LogP contribution is -2.42. The second kappa shape index (κ2) is 5.76. The van der Waals surface area contributed by atoms with Crippen molar-refractivity contribution in [3.63, 3.8) is 0 Å². The van der Waals surface area contributed by atoms with Crippen LogP contribution in [0, 0.1) is 13.7 Å². The summed E-state index contributed by atoms with van der Waals surface area (Å²) in [6.07, 6.45) is 0. The van der Waals surface area contributed by atoms with E-state index in [1.807, 2.05) is 22.6 Å². The molecule has 0 heterocycles. The number of hydrogen-bond acceptors (Lipinski definition) is 4. The number of nitro benzene ring substituents is 1. The molecule has 2 amide bonds. The lowest BCUT2D eigenvalue weighted by molar-refractivity contribution is -0.384. The number of carbonyl (C=O) groups excluding carboxylic acids is 2. The van der Waals surface area contributed by atoms with Crippen LogP contribution in [0.1, 0.15) is 17.3 Å². The van der Waals surface area contributed by atoms with Gasteiger partial charge in [0.2, 0.25) is 5.91 Å². The number of nitro groups is 1. The van der Waals surface area contributed by atoms with Gasteiger partial charge in [0.05, 0.1) is 10.5 Å². The molecule has 1 unspecified atom stereocenters. The zero-order valence-corrected chi connectivity index (χ0v) is 11.5. The number of primary amides is 1. The van der Waals surface area contributed by atoms with Crippen molar-refractivity contribution in [2.45, 2.75) is 13.0 Å². The van der Waals surface area contributed by atoms with E-state index in [1.54, 1.807) is 0 Å². The van der Waals surface area contributed by atoms with Gasteiger partial charge in [0.1, 0.15) is 6.04 Å². The molecule has 0 aliphatic carbocycles. The molecule has 1 aromatic rings. The molecule has 7 nitrogen and oxygen atoms in total. The molecule has 0 saturated carbocycles. The first-order valence-electron chi connectivity index (χ1n) is 4.87. The fourth-order valence-electron chi connectivity index (χ4n) is 1.15. The van der Waals surface area contributed by atoms with Crippen LogP contribution in [-0.4, -0.2) is 22.8 Å². The van der Waals surface area contributed by atoms with E-state index < -0.39 is 22.8 Å². The molecule has 0 fully saturated rings. The number of nitrogens with zero attached hydrogens (tertiary/aromatic N) is 1. The molecule has 1 rings (SSSR count). The zero-order chi connectivity index (χ0) is 13.9. The first-order valence-corrected chi connectivity index (χ1v) is 5.95. The summed E-state index contributed by atoms with van der Waals surface area (Å²) in [7, 11) is 0. The molecule has 1 atom stereocenters. The van der Waals surface area contributed by atoms with E-state index in [0.29, 0.717) is 3.57 Å². The average molecular weight is 363 g/mol. The second-order valence-electron chi connectivity index (χ2n) is 3.52. The highest BCUT2D eigenvalue weighted by atomic mass is 127. The second-order valence-corrected chi connectivity index (χ2v) is 4.68. The van der Waals surface area contributed by atoms with Gasteiger partial charge in [0, 0.05) is 15.7 Å². The predicted octanol–water partition coefficient (Wildman–Crippen LogP) is 0.803. The van der Waals surface area contributed by atoms with Crippen molar-refractivity contribution >= 4 is 40.1 Å². The number of amides is 2. The average Bonchev–Trinajstić information content (AvgIpc) is 2.28. The smallest absolute Gasteiger partial charge is 0.270 e. The van der Waals surface area contributed by atoms with Crippen LogP contribution in [0.5, 0.6) is 0 Å². The van der Waals surface area contributed by atoms with Gasteiger partial charge in [0.25, 0.3) is 11.6 Å². The molecule has 18 heavy (non-hydrogen) atoms. The largest absolute Gasteiger partial charge is 0.368 e. The minimum absolute atomic E-state index is 0.137. The molecule has 0 bridgehead atoms. The van der Waals surface area contributed by atoms with E-state index in [1.165, 1.54) is 19.1 Å². The maximum absolute atomic E-state index is 11.8. The third kappa shape index (κ3) is 3.39. The topological polar surface area (TPSA) is 115 Å². The summed E-state index contributed by atoms with van der Waals surface area (Å²) in [5.74, 6) is -1.25. The SMILES string of the molecule is CC(NC(=O)c1cc([N+](=O)[O-])ccc1I)C(N)=O. The quantitative estimate of drug-likeness (QED) is 0.468. The van der Waals surface area contributed by atoms with Crippen LogP contribution in [0.4, 0.5) is 5.69 Å². The summed E-state index contributed by atoms with van der Waals surface area (Å²) in [6.45, 7) is 1.43. The molecule has 0 aromatic heterocycles. The van der Waals surface area contributed by atoms with Crippen molar-refractivity contribution in [3.05, 3.63) is 37.4 Å². The minimum atomic E-state index is -0.840. The molecule has 0 saturated heterocycles. The van der Waals surface area contributed by atoms with Crippen LogP contribution in [0.2, 0.25) is 0 Å². The van der Waals surface area contributed by atoms with Crippen LogP contribution in [0.15, 0.2) is 18.2 Å². The molecule has 0 radical (unpaired) electrons. The van der Waals surface area contributed by atoms with Crippen molar-refractivity contribution in [3.8, 4) is 0 Å². The van der Waals surface area contributed by atoms with Gasteiger partial charge >= 0.3 is 0 Å². The Morgan fingerprint density at radius 3 is 2.61 bits per heavy atom. The van der Waals surface area contributed by atoms with Crippen molar-refractivity contribution in [1.29, 1.82) is 0 Å². The van der Waals surface area contributed by atoms with Gasteiger partial charge in [-0.15, -0.1) is 0 Å². The number of hydrogen-bond donors (Lipinski definition) is 2. The van der Waals surface area contributed by atoms with Gasteiger partial charge < -0.3 is 11.1 Å². The molecule has 96 valence electrons. The lowest BCUT2D eigenvalue weighted by Gasteiger charge is -2.10. The Bertz CT molecular complexity index is 518. The third-order valence-electron chi connectivity index (χ3n) is 2.18. The molecule has 3 N–H and O–H groups in total. The van der Waals surface area contributed by atoms with E-state index in [9.17, 15) is 19.7 Å². The Kier molecular flexibility index (Phi) is 4.59. The fourth-order valence-corrected chi connectivity index (χ4v) is 1.73. The highest BCUT2D eigenvalue weighted by Gasteiger charge is 2.18. The summed E-state index contributed by atoms with van der Waals surface area (Å²) in [4.78, 5) is 32.7. The van der Waals surface area contributed by atoms with Gasteiger partial charge in [-0.1, -0.05) is 0 Å². The van der Waals surface area contributed by atoms with Crippen LogP contribution in [0.3, 0.4) is 0 Å². The molecule has 8 heteroatoms. The summed E-state index contributed by atoms with van der Waals surface area (Å²) in [5.41, 5.74) is 4.96. The van der Waals surface area contributed by atoms with Crippen LogP contribution >= 0.6 is 22.6 Å². The molecule has 0 aliphatic rings. The van der Waals surface area contributed by atoms with Crippen molar-refractivity contribution in [2.75, 3.05) is 0 Å². The molecular formula is C10H10IN3O4. The summed E-state index contributed by atoms with van der Waals surface area (Å²) < 4.78 is 0.548. The maximum atomic E-state index is 11.8. The first kappa shape index (κ1) is 14.4. The highest BCUT2D eigenvalue weighted by Crippen LogP contribution is 2.19. The number of carbonyl (C=O) groups is 2. The summed E-state index contributed by atoms with van der Waals surface area (Å²) >= 11 is 1.88. The van der Waals surface area contributed by atoms with E-state index in [4.69, 9.17) is 5.73 Å². The van der Waals surface area contributed by atoms with Gasteiger partial charge in [-0.25, -0.2) is 0 Å². The van der Waals surface area contributed by atoms with E-state index in [0.717, 1.165) is 6.07 Å². The lowest BCUT2D eigenvalue weighted by atomic mass is 10.1. The Morgan fingerprint density at radius 2 is 2.11 bits per heavy atom. The monoisotopic (exact) mass is 363 g/mol. The number of non-ortho nitro benzene ring substituents is 1. The van der Waals surface area contributed by atoms with Crippen LogP contribution in [-0.2, 0) is 4.79 Å². The van der Waals surface area contributed by atoms with Crippen molar-refractivity contribution in [1.82, 2.24) is 5.32 Å². The first-order chi connectivity index (χ1) is 8.32. The predicted molar refractivity (Wildman–Crippen MR) is 71.9 cm³/mol. The molecule has 1 aromatic carbocycles. The number of halogens is 1. The van der Waals surface area contributed by atoms with Gasteiger partial charge in [-0.05, 0) is 35.6 Å². The Morgan fingerprint density at radius 1 is 1.50 bits per heavy atom. The third-order valence-corrected chi connectivity index (χ3v) is 3.12. The van der Waals surface area contributed by atoms with E-state index >= 15 is 0 Å². The zero-order valence-electron chi connectivity index (χ0n) is 9.34. The number of benzene rings is 1. The summed E-state index contributed by atoms with van der Waals surface area (Å²) in [5, 5.41) is 13.0. The Balaban J connectivity index is 3.01. The standard InChI is InChI=1S/C10H10IN3O4/c1-5(9(12)15)13-10(16)7-4-6(14(17)18)2-3-8(7)11/h2-5H,1H3,(H2,12,15)(H,13,16). The van der Waals surface area contributed by atoms with E-state index in [-0.39, 0.29) is 11.3 Å². The van der Waals surface area contributed by atoms with Gasteiger partial charge in [-0.3, -0.25) is 19.7 Å². The van der Waals surface area contributed by atoms with Crippen LogP contribution < -0.4 is 11.1 Å². The van der Waals surface area contributed by atoms with Gasteiger partial charge in [0.15, 0.2) is 0 Å². The summed E-state index contributed by atoms with van der Waals surface area (Å²) in [6, 6.07) is 3.08. The normalized spacial score (nSPS) is 11.7. The Labute approximate surface area is 116 Å². The van der Waals surface area contributed by atoms with E-state index in [2.05, 4.69) is 5.32 Å². The molecule has 0 aliphatic heterocycles. The van der Waals surface area contributed by atoms with Crippen molar-refractivity contribution < 1.29 is 14.5 Å². The van der Waals surface area contributed by atoms with Crippen molar-refractivity contribution in [2.24, 2.45) is 5.73 Å².